The van der Waals surface area contributed by atoms with E-state index in [0.29, 0.717) is 34.1 Å². The Morgan fingerprint density at radius 2 is 2.04 bits per heavy atom. The van der Waals surface area contributed by atoms with Crippen LogP contribution < -0.4 is 14.8 Å². The zero-order chi connectivity index (χ0) is 19.3. The molecule has 1 N–H and O–H groups in total. The molecule has 0 atom stereocenters. The number of hydrogen-bond acceptors (Lipinski definition) is 6. The smallest absolute Gasteiger partial charge is 0.395 e. The maximum Gasteiger partial charge on any atom is 0.586 e. The number of ether oxygens (including phenoxy) is 2. The van der Waals surface area contributed by atoms with Gasteiger partial charge in [-0.1, -0.05) is 12.1 Å². The summed E-state index contributed by atoms with van der Waals surface area (Å²) in [7, 11) is 0. The molecule has 3 aromatic rings. The number of para-hydroxylation sites is 1. The first-order valence-corrected chi connectivity index (χ1v) is 9.17. The Labute approximate surface area is 161 Å². The van der Waals surface area contributed by atoms with Crippen LogP contribution in [-0.4, -0.2) is 22.9 Å². The van der Waals surface area contributed by atoms with Crippen molar-refractivity contribution in [2.75, 3.05) is 5.32 Å². The summed E-state index contributed by atoms with van der Waals surface area (Å²) in [6, 6.07) is 9.89. The summed E-state index contributed by atoms with van der Waals surface area (Å²) >= 11 is 1.32. The quantitative estimate of drug-likeness (QED) is 0.709. The van der Waals surface area contributed by atoms with Crippen molar-refractivity contribution in [2.45, 2.75) is 12.7 Å². The van der Waals surface area contributed by atoms with E-state index in [1.807, 2.05) is 6.07 Å². The van der Waals surface area contributed by atoms with E-state index in [0.717, 1.165) is 5.56 Å². The van der Waals surface area contributed by atoms with Crippen LogP contribution in [0.4, 0.5) is 19.6 Å². The fourth-order valence-corrected chi connectivity index (χ4v) is 3.67. The number of amides is 1. The van der Waals surface area contributed by atoms with Crippen LogP contribution in [0.15, 0.2) is 53.0 Å². The molecule has 0 bridgehead atoms. The SMILES string of the molecule is O=C(Nc1nccs1)c1cccc2c1N=C(c1ccc3c(c1)OC(F)(F)O3)C2. The number of carbonyl (C=O) groups is 1. The monoisotopic (exact) mass is 399 g/mol. The van der Waals surface area contributed by atoms with Crippen LogP contribution in [0.3, 0.4) is 0 Å². The zero-order valence-corrected chi connectivity index (χ0v) is 14.9. The van der Waals surface area contributed by atoms with E-state index < -0.39 is 6.29 Å². The molecule has 1 aromatic heterocycles. The number of nitrogens with zero attached hydrogens (tertiary/aromatic N) is 2. The summed E-state index contributed by atoms with van der Waals surface area (Å²) < 4.78 is 35.4. The molecule has 3 heterocycles. The molecule has 0 saturated carbocycles. The van der Waals surface area contributed by atoms with Crippen molar-refractivity contribution in [1.82, 2.24) is 4.98 Å². The average Bonchev–Trinajstić information content (AvgIpc) is 3.36. The van der Waals surface area contributed by atoms with Gasteiger partial charge in [-0.2, -0.15) is 0 Å². The van der Waals surface area contributed by atoms with Gasteiger partial charge in [-0.05, 0) is 29.8 Å². The predicted octanol–water partition coefficient (Wildman–Crippen LogP) is 4.39. The topological polar surface area (TPSA) is 72.8 Å². The summed E-state index contributed by atoms with van der Waals surface area (Å²) in [5.41, 5.74) is 3.16. The molecular weight excluding hydrogens is 388 g/mol. The molecule has 0 saturated heterocycles. The van der Waals surface area contributed by atoms with E-state index >= 15 is 0 Å². The van der Waals surface area contributed by atoms with Crippen LogP contribution in [0.25, 0.3) is 0 Å². The average molecular weight is 399 g/mol. The second-order valence-electron chi connectivity index (χ2n) is 6.17. The van der Waals surface area contributed by atoms with Gasteiger partial charge in [0, 0.05) is 23.6 Å². The fraction of sp³-hybridized carbons (Fsp3) is 0.105. The maximum absolute atomic E-state index is 13.2. The van der Waals surface area contributed by atoms with Crippen molar-refractivity contribution in [3.63, 3.8) is 0 Å². The van der Waals surface area contributed by atoms with Crippen molar-refractivity contribution in [3.05, 3.63) is 64.7 Å². The number of hydrogen-bond donors (Lipinski definition) is 1. The second-order valence-corrected chi connectivity index (χ2v) is 7.06. The molecule has 0 radical (unpaired) electrons. The number of aliphatic imine (C=N–C) groups is 1. The van der Waals surface area contributed by atoms with E-state index in [2.05, 4.69) is 24.8 Å². The normalized spacial score (nSPS) is 15.9. The number of thiazole rings is 1. The molecule has 9 heteroatoms. The summed E-state index contributed by atoms with van der Waals surface area (Å²) in [6.07, 6.45) is -1.58. The van der Waals surface area contributed by atoms with Gasteiger partial charge >= 0.3 is 6.29 Å². The first kappa shape index (κ1) is 16.8. The summed E-state index contributed by atoms with van der Waals surface area (Å²) in [6.45, 7) is 0. The molecule has 0 unspecified atom stereocenters. The second kappa shape index (κ2) is 6.10. The third-order valence-electron chi connectivity index (χ3n) is 4.36. The number of benzene rings is 2. The molecule has 28 heavy (non-hydrogen) atoms. The van der Waals surface area contributed by atoms with E-state index in [1.54, 1.807) is 29.8 Å². The number of aromatic nitrogens is 1. The minimum absolute atomic E-state index is 0.0200. The lowest BCUT2D eigenvalue weighted by Gasteiger charge is -2.05. The molecule has 2 aliphatic heterocycles. The molecule has 2 aliphatic rings. The Morgan fingerprint density at radius 3 is 2.86 bits per heavy atom. The lowest BCUT2D eigenvalue weighted by Crippen LogP contribution is -2.25. The van der Waals surface area contributed by atoms with E-state index in [-0.39, 0.29) is 17.4 Å². The van der Waals surface area contributed by atoms with Crippen molar-refractivity contribution >= 4 is 33.8 Å². The van der Waals surface area contributed by atoms with Gasteiger partial charge in [0.15, 0.2) is 16.6 Å². The molecular formula is C19H11F2N3O3S. The first-order valence-electron chi connectivity index (χ1n) is 8.29. The largest absolute Gasteiger partial charge is 0.586 e. The lowest BCUT2D eigenvalue weighted by atomic mass is 10.0. The number of halogens is 2. The third-order valence-corrected chi connectivity index (χ3v) is 5.04. The van der Waals surface area contributed by atoms with Crippen molar-refractivity contribution in [1.29, 1.82) is 0 Å². The van der Waals surface area contributed by atoms with Crippen LogP contribution in [0.1, 0.15) is 21.5 Å². The third kappa shape index (κ3) is 2.89. The minimum Gasteiger partial charge on any atom is -0.395 e. The highest BCUT2D eigenvalue weighted by molar-refractivity contribution is 7.13. The van der Waals surface area contributed by atoms with Gasteiger partial charge in [0.25, 0.3) is 5.91 Å². The predicted molar refractivity (Wildman–Crippen MR) is 99.1 cm³/mol. The number of anilines is 1. The number of rotatable bonds is 3. The Balaban J connectivity index is 1.46. The first-order chi connectivity index (χ1) is 13.5. The Kier molecular flexibility index (Phi) is 3.66. The summed E-state index contributed by atoms with van der Waals surface area (Å²) in [4.78, 5) is 21.2. The van der Waals surface area contributed by atoms with E-state index in [1.165, 1.54) is 23.5 Å². The standard InChI is InChI=1S/C19H11F2N3O3S/c20-19(21)26-14-5-4-10(9-15(14)27-19)13-8-11-2-1-3-12(16(11)23-13)17(25)24-18-22-6-7-28-18/h1-7,9H,8H2,(H,22,24,25). The van der Waals surface area contributed by atoms with Gasteiger partial charge < -0.3 is 9.47 Å². The van der Waals surface area contributed by atoms with Crippen LogP contribution in [0.2, 0.25) is 0 Å². The van der Waals surface area contributed by atoms with Gasteiger partial charge in [0.1, 0.15) is 0 Å². The molecule has 6 nitrogen and oxygen atoms in total. The number of carbonyl (C=O) groups excluding carboxylic acids is 1. The van der Waals surface area contributed by atoms with Crippen molar-refractivity contribution in [3.8, 4) is 11.5 Å². The van der Waals surface area contributed by atoms with Gasteiger partial charge in [-0.15, -0.1) is 20.1 Å². The van der Waals surface area contributed by atoms with E-state index in [4.69, 9.17) is 0 Å². The van der Waals surface area contributed by atoms with Crippen LogP contribution in [0.5, 0.6) is 11.5 Å². The van der Waals surface area contributed by atoms with Gasteiger partial charge in [-0.25, -0.2) is 4.98 Å². The molecule has 5 rings (SSSR count). The molecule has 0 spiro atoms. The van der Waals surface area contributed by atoms with Gasteiger partial charge in [-0.3, -0.25) is 15.1 Å². The van der Waals surface area contributed by atoms with Crippen LogP contribution in [-0.2, 0) is 6.42 Å². The summed E-state index contributed by atoms with van der Waals surface area (Å²) in [5, 5.41) is 5.01. The van der Waals surface area contributed by atoms with Crippen LogP contribution >= 0.6 is 11.3 Å². The zero-order valence-electron chi connectivity index (χ0n) is 14.1. The minimum atomic E-state index is -3.66. The fourth-order valence-electron chi connectivity index (χ4n) is 3.15. The molecule has 1 amide bonds. The molecule has 0 fully saturated rings. The summed E-state index contributed by atoms with van der Waals surface area (Å²) in [5.74, 6) is -0.363. The van der Waals surface area contributed by atoms with Crippen molar-refractivity contribution in [2.24, 2.45) is 4.99 Å². The number of alkyl halides is 2. The number of nitrogens with one attached hydrogen (secondary N) is 1. The van der Waals surface area contributed by atoms with Crippen LogP contribution in [0, 0.1) is 0 Å². The highest BCUT2D eigenvalue weighted by Crippen LogP contribution is 2.42. The maximum atomic E-state index is 13.2. The van der Waals surface area contributed by atoms with Crippen molar-refractivity contribution < 1.29 is 23.0 Å². The molecule has 140 valence electrons. The highest BCUT2D eigenvalue weighted by atomic mass is 32.1. The molecule has 0 aliphatic carbocycles. The lowest BCUT2D eigenvalue weighted by molar-refractivity contribution is -0.286. The van der Waals surface area contributed by atoms with E-state index in [9.17, 15) is 13.6 Å². The number of fused-ring (bicyclic) bond motifs is 2. The Hall–Kier alpha value is -3.33. The molecule has 2 aromatic carbocycles. The highest BCUT2D eigenvalue weighted by Gasteiger charge is 2.43. The van der Waals surface area contributed by atoms with Gasteiger partial charge in [0.2, 0.25) is 0 Å². The Morgan fingerprint density at radius 1 is 1.18 bits per heavy atom. The Bertz CT molecular complexity index is 1130. The van der Waals surface area contributed by atoms with Gasteiger partial charge in [0.05, 0.1) is 17.0 Å².